The zero-order valence-electron chi connectivity index (χ0n) is 6.56. The number of rotatable bonds is 1. The summed E-state index contributed by atoms with van der Waals surface area (Å²) in [5.74, 6) is -1.35. The van der Waals surface area contributed by atoms with Crippen LogP contribution in [-0.4, -0.2) is 15.1 Å². The Balaban J connectivity index is 3.61. The molecule has 0 saturated carbocycles. The van der Waals surface area contributed by atoms with Gasteiger partial charge in [0.1, 0.15) is 11.6 Å². The van der Waals surface area contributed by atoms with Gasteiger partial charge in [-0.25, -0.2) is 0 Å². The highest BCUT2D eigenvalue weighted by Gasteiger charge is 2.23. The quantitative estimate of drug-likeness (QED) is 0.588. The minimum Gasteiger partial charge on any atom is -0.505 e. The van der Waals surface area contributed by atoms with E-state index >= 15 is 0 Å². The summed E-state index contributed by atoms with van der Waals surface area (Å²) in [6.07, 6.45) is 0. The van der Waals surface area contributed by atoms with Crippen LogP contribution in [0, 0.1) is 21.4 Å². The number of aromatic hydroxyl groups is 2. The smallest absolute Gasteiger partial charge is 0.313 e. The maximum atomic E-state index is 10.4. The summed E-state index contributed by atoms with van der Waals surface area (Å²) in [6.45, 7) is 0. The SMILES string of the molecule is N#Cc1c(O)c(Br)cc([N+](=O)[O-])c1O. The molecule has 0 radical (unpaired) electrons. The van der Waals surface area contributed by atoms with Crippen LogP contribution in [0.1, 0.15) is 5.56 Å². The first-order valence-electron chi connectivity index (χ1n) is 3.28. The molecule has 6 nitrogen and oxygen atoms in total. The highest BCUT2D eigenvalue weighted by atomic mass is 79.9. The van der Waals surface area contributed by atoms with E-state index in [9.17, 15) is 20.3 Å². The monoisotopic (exact) mass is 258 g/mol. The normalized spacial score (nSPS) is 9.43. The van der Waals surface area contributed by atoms with E-state index in [-0.39, 0.29) is 4.47 Å². The Kier molecular flexibility index (Phi) is 2.58. The Hall–Kier alpha value is -1.81. The van der Waals surface area contributed by atoms with Crippen LogP contribution in [0.25, 0.3) is 0 Å². The Morgan fingerprint density at radius 2 is 2.07 bits per heavy atom. The number of nitro groups is 1. The molecular weight excluding hydrogens is 256 g/mol. The van der Waals surface area contributed by atoms with Crippen molar-refractivity contribution in [3.63, 3.8) is 0 Å². The molecule has 1 aromatic carbocycles. The summed E-state index contributed by atoms with van der Waals surface area (Å²) >= 11 is 2.82. The van der Waals surface area contributed by atoms with Crippen molar-refractivity contribution in [2.24, 2.45) is 0 Å². The van der Waals surface area contributed by atoms with Crippen molar-refractivity contribution < 1.29 is 15.1 Å². The molecule has 0 amide bonds. The van der Waals surface area contributed by atoms with Gasteiger partial charge in [0.25, 0.3) is 0 Å². The molecule has 14 heavy (non-hydrogen) atoms. The number of nitrogens with zero attached hydrogens (tertiary/aromatic N) is 2. The molecule has 72 valence electrons. The van der Waals surface area contributed by atoms with Gasteiger partial charge in [-0.15, -0.1) is 0 Å². The van der Waals surface area contributed by atoms with E-state index < -0.39 is 27.7 Å². The molecule has 0 aliphatic heterocycles. The fourth-order valence-electron chi connectivity index (χ4n) is 0.861. The van der Waals surface area contributed by atoms with Crippen molar-refractivity contribution in [3.8, 4) is 17.6 Å². The minimum absolute atomic E-state index is 0.0152. The van der Waals surface area contributed by atoms with Gasteiger partial charge in [-0.1, -0.05) is 0 Å². The van der Waals surface area contributed by atoms with Crippen molar-refractivity contribution in [2.75, 3.05) is 0 Å². The zero-order chi connectivity index (χ0) is 10.9. The van der Waals surface area contributed by atoms with Crippen LogP contribution in [0.5, 0.6) is 11.5 Å². The largest absolute Gasteiger partial charge is 0.505 e. The van der Waals surface area contributed by atoms with E-state index in [1.165, 1.54) is 6.07 Å². The topological polar surface area (TPSA) is 107 Å². The summed E-state index contributed by atoms with van der Waals surface area (Å²) in [7, 11) is 0. The summed E-state index contributed by atoms with van der Waals surface area (Å²) in [4.78, 5) is 9.54. The molecule has 0 fully saturated rings. The molecule has 0 heterocycles. The van der Waals surface area contributed by atoms with E-state index in [4.69, 9.17) is 5.26 Å². The van der Waals surface area contributed by atoms with Crippen LogP contribution >= 0.6 is 15.9 Å². The van der Waals surface area contributed by atoms with E-state index in [1.807, 2.05) is 0 Å². The van der Waals surface area contributed by atoms with Gasteiger partial charge in [0.2, 0.25) is 5.75 Å². The second-order valence-corrected chi connectivity index (χ2v) is 3.17. The molecule has 1 rings (SSSR count). The van der Waals surface area contributed by atoms with Gasteiger partial charge in [0.05, 0.1) is 9.40 Å². The minimum atomic E-state index is -0.847. The molecule has 0 atom stereocenters. The van der Waals surface area contributed by atoms with Crippen LogP contribution in [-0.2, 0) is 0 Å². The maximum absolute atomic E-state index is 10.4. The second-order valence-electron chi connectivity index (χ2n) is 2.32. The van der Waals surface area contributed by atoms with Gasteiger partial charge in [0.15, 0.2) is 5.75 Å². The third-order valence-corrected chi connectivity index (χ3v) is 2.12. The highest BCUT2D eigenvalue weighted by Crippen LogP contribution is 2.40. The lowest BCUT2D eigenvalue weighted by Crippen LogP contribution is -1.91. The number of phenolic OH excluding ortho intramolecular Hbond substituents is 2. The van der Waals surface area contributed by atoms with Gasteiger partial charge in [-0.05, 0) is 15.9 Å². The molecule has 0 spiro atoms. The summed E-state index contributed by atoms with van der Waals surface area (Å²) in [5, 5.41) is 37.4. The lowest BCUT2D eigenvalue weighted by Gasteiger charge is -2.02. The molecule has 1 aromatic rings. The lowest BCUT2D eigenvalue weighted by atomic mass is 10.1. The molecule has 0 aliphatic rings. The van der Waals surface area contributed by atoms with E-state index in [0.29, 0.717) is 0 Å². The molecule has 0 saturated heterocycles. The highest BCUT2D eigenvalue weighted by molar-refractivity contribution is 9.10. The Bertz CT molecular complexity index is 452. The fourth-order valence-corrected chi connectivity index (χ4v) is 1.28. The van der Waals surface area contributed by atoms with Crippen LogP contribution in [0.2, 0.25) is 0 Å². The van der Waals surface area contributed by atoms with Crippen LogP contribution in [0.15, 0.2) is 10.5 Å². The van der Waals surface area contributed by atoms with Crippen molar-refractivity contribution in [1.82, 2.24) is 0 Å². The summed E-state index contributed by atoms with van der Waals surface area (Å²) < 4.78 is -0.0152. The first kappa shape index (κ1) is 10.3. The molecule has 0 aliphatic carbocycles. The van der Waals surface area contributed by atoms with Gasteiger partial charge < -0.3 is 10.2 Å². The third-order valence-electron chi connectivity index (χ3n) is 1.51. The van der Waals surface area contributed by atoms with E-state index in [1.54, 1.807) is 0 Å². The molecule has 2 N–H and O–H groups in total. The predicted molar refractivity (Wildman–Crippen MR) is 48.8 cm³/mol. The van der Waals surface area contributed by atoms with Gasteiger partial charge in [-0.2, -0.15) is 5.26 Å². The predicted octanol–water partition coefficient (Wildman–Crippen LogP) is 1.64. The Morgan fingerprint density at radius 3 is 2.50 bits per heavy atom. The molecule has 7 heteroatoms. The lowest BCUT2D eigenvalue weighted by molar-refractivity contribution is -0.386. The van der Waals surface area contributed by atoms with Crippen LogP contribution < -0.4 is 0 Å². The number of phenols is 2. The average Bonchev–Trinajstić information content (AvgIpc) is 2.12. The fraction of sp³-hybridized carbons (Fsp3) is 0. The van der Waals surface area contributed by atoms with Crippen LogP contribution in [0.3, 0.4) is 0 Å². The number of nitriles is 1. The van der Waals surface area contributed by atoms with Crippen molar-refractivity contribution >= 4 is 21.6 Å². The van der Waals surface area contributed by atoms with E-state index in [2.05, 4.69) is 15.9 Å². The van der Waals surface area contributed by atoms with Gasteiger partial charge in [0, 0.05) is 6.07 Å². The van der Waals surface area contributed by atoms with Crippen LogP contribution in [0.4, 0.5) is 5.69 Å². The average molecular weight is 259 g/mol. The molecule has 0 aromatic heterocycles. The number of hydrogen-bond acceptors (Lipinski definition) is 5. The van der Waals surface area contributed by atoms with E-state index in [0.717, 1.165) is 6.07 Å². The van der Waals surface area contributed by atoms with Crippen molar-refractivity contribution in [1.29, 1.82) is 5.26 Å². The number of hydrogen-bond donors (Lipinski definition) is 2. The Labute approximate surface area is 86.3 Å². The molecular formula is C7H3BrN2O4. The molecule has 0 unspecified atom stereocenters. The van der Waals surface area contributed by atoms with Crippen molar-refractivity contribution in [3.05, 3.63) is 26.2 Å². The summed E-state index contributed by atoms with van der Waals surface area (Å²) in [6, 6.07) is 2.39. The first-order chi connectivity index (χ1) is 6.49. The number of nitro benzene ring substituents is 1. The maximum Gasteiger partial charge on any atom is 0.313 e. The Morgan fingerprint density at radius 1 is 1.50 bits per heavy atom. The first-order valence-corrected chi connectivity index (χ1v) is 4.07. The summed E-state index contributed by atoms with van der Waals surface area (Å²) in [5.41, 5.74) is -1.16. The van der Waals surface area contributed by atoms with Gasteiger partial charge >= 0.3 is 5.69 Å². The second kappa shape index (κ2) is 3.51. The van der Waals surface area contributed by atoms with Crippen molar-refractivity contribution in [2.45, 2.75) is 0 Å². The number of benzene rings is 1. The third kappa shape index (κ3) is 1.47. The zero-order valence-corrected chi connectivity index (χ0v) is 8.15. The standard InChI is InChI=1S/C7H3BrN2O4/c8-4-1-5(10(13)14)7(12)3(2-9)6(4)11/h1,11-12H. The van der Waals surface area contributed by atoms with Gasteiger partial charge in [-0.3, -0.25) is 10.1 Å². The number of halogens is 1. The molecule has 0 bridgehead atoms.